The number of benzene rings is 1. The van der Waals surface area contributed by atoms with E-state index in [9.17, 15) is 4.79 Å². The van der Waals surface area contributed by atoms with Crippen LogP contribution in [0.15, 0.2) is 34.9 Å². The molecule has 1 aliphatic rings. The van der Waals surface area contributed by atoms with Gasteiger partial charge >= 0.3 is 0 Å². The van der Waals surface area contributed by atoms with Crippen molar-refractivity contribution in [3.8, 4) is 0 Å². The molecule has 1 fully saturated rings. The van der Waals surface area contributed by atoms with E-state index in [1.807, 2.05) is 56.0 Å². The fourth-order valence-corrected chi connectivity index (χ4v) is 2.95. The lowest BCUT2D eigenvalue weighted by atomic mass is 10.1. The average molecular weight is 329 g/mol. The van der Waals surface area contributed by atoms with E-state index < -0.39 is 0 Å². The van der Waals surface area contributed by atoms with Crippen LogP contribution in [0.1, 0.15) is 35.7 Å². The highest BCUT2D eigenvalue weighted by Gasteiger charge is 2.26. The normalized spacial score (nSPS) is 20.9. The summed E-state index contributed by atoms with van der Waals surface area (Å²) in [5.74, 6) is 0.845. The standard InChI is InChI=1S/C18H23N3O3/c1-12-8-17(20-24-12)9-19-16-6-4-15(5-7-16)18(22)21-10-13(2)23-14(3)11-21/h4-8,13-14,19H,9-11H2,1-3H3/t13-,14+. The van der Waals surface area contributed by atoms with Crippen LogP contribution < -0.4 is 5.32 Å². The molecule has 1 saturated heterocycles. The minimum absolute atomic E-state index is 0.0516. The summed E-state index contributed by atoms with van der Waals surface area (Å²) in [6.07, 6.45) is 0.147. The molecule has 0 aliphatic carbocycles. The van der Waals surface area contributed by atoms with Crippen LogP contribution in [0.4, 0.5) is 5.69 Å². The second kappa shape index (κ2) is 7.05. The lowest BCUT2D eigenvalue weighted by Crippen LogP contribution is -2.48. The first kappa shape index (κ1) is 16.5. The van der Waals surface area contributed by atoms with Crippen molar-refractivity contribution < 1.29 is 14.1 Å². The smallest absolute Gasteiger partial charge is 0.254 e. The third kappa shape index (κ3) is 3.94. The number of nitrogens with zero attached hydrogens (tertiary/aromatic N) is 2. The molecule has 2 heterocycles. The number of hydrogen-bond donors (Lipinski definition) is 1. The van der Waals surface area contributed by atoms with Crippen molar-refractivity contribution in [3.63, 3.8) is 0 Å². The second-order valence-corrected chi connectivity index (χ2v) is 6.33. The third-order valence-electron chi connectivity index (χ3n) is 3.99. The first-order valence-corrected chi connectivity index (χ1v) is 8.22. The van der Waals surface area contributed by atoms with E-state index in [0.29, 0.717) is 25.2 Å². The molecule has 1 aromatic heterocycles. The number of ether oxygens (including phenoxy) is 1. The zero-order chi connectivity index (χ0) is 17.1. The van der Waals surface area contributed by atoms with Crippen molar-refractivity contribution in [1.29, 1.82) is 0 Å². The molecule has 1 aromatic carbocycles. The molecule has 1 N–H and O–H groups in total. The van der Waals surface area contributed by atoms with Gasteiger partial charge in [0.05, 0.1) is 18.8 Å². The van der Waals surface area contributed by atoms with Gasteiger partial charge in [0, 0.05) is 30.4 Å². The van der Waals surface area contributed by atoms with Crippen LogP contribution in [0, 0.1) is 6.92 Å². The van der Waals surface area contributed by atoms with E-state index in [1.165, 1.54) is 0 Å². The van der Waals surface area contributed by atoms with E-state index in [-0.39, 0.29) is 18.1 Å². The molecule has 0 radical (unpaired) electrons. The van der Waals surface area contributed by atoms with Crippen LogP contribution in [0.25, 0.3) is 0 Å². The number of nitrogens with one attached hydrogen (secondary N) is 1. The molecule has 128 valence electrons. The first-order valence-electron chi connectivity index (χ1n) is 8.22. The zero-order valence-corrected chi connectivity index (χ0v) is 14.3. The molecule has 0 saturated carbocycles. The molecule has 3 rings (SSSR count). The van der Waals surface area contributed by atoms with Gasteiger partial charge < -0.3 is 19.5 Å². The van der Waals surface area contributed by atoms with Gasteiger partial charge in [0.2, 0.25) is 0 Å². The Balaban J connectivity index is 1.60. The van der Waals surface area contributed by atoms with Crippen molar-refractivity contribution >= 4 is 11.6 Å². The van der Waals surface area contributed by atoms with Gasteiger partial charge in [-0.1, -0.05) is 5.16 Å². The molecule has 24 heavy (non-hydrogen) atoms. The molecule has 0 spiro atoms. The van der Waals surface area contributed by atoms with Crippen molar-refractivity contribution in [2.24, 2.45) is 0 Å². The fraction of sp³-hybridized carbons (Fsp3) is 0.444. The van der Waals surface area contributed by atoms with Crippen LogP contribution in [0.5, 0.6) is 0 Å². The zero-order valence-electron chi connectivity index (χ0n) is 14.3. The molecular formula is C18H23N3O3. The molecule has 0 unspecified atom stereocenters. The number of carbonyl (C=O) groups is 1. The number of carbonyl (C=O) groups excluding carboxylic acids is 1. The summed E-state index contributed by atoms with van der Waals surface area (Å²) in [6.45, 7) is 7.71. The Morgan fingerprint density at radius 2 is 1.92 bits per heavy atom. The lowest BCUT2D eigenvalue weighted by Gasteiger charge is -2.35. The van der Waals surface area contributed by atoms with Crippen LogP contribution in [0.3, 0.4) is 0 Å². The first-order chi connectivity index (χ1) is 11.5. The highest BCUT2D eigenvalue weighted by molar-refractivity contribution is 5.94. The van der Waals surface area contributed by atoms with E-state index in [4.69, 9.17) is 9.26 Å². The van der Waals surface area contributed by atoms with Crippen LogP contribution >= 0.6 is 0 Å². The quantitative estimate of drug-likeness (QED) is 0.934. The minimum atomic E-state index is 0.0516. The van der Waals surface area contributed by atoms with Crippen LogP contribution in [0.2, 0.25) is 0 Å². The van der Waals surface area contributed by atoms with Gasteiger partial charge in [-0.05, 0) is 45.0 Å². The Morgan fingerprint density at radius 1 is 1.25 bits per heavy atom. The third-order valence-corrected chi connectivity index (χ3v) is 3.99. The van der Waals surface area contributed by atoms with Crippen molar-refractivity contribution in [2.75, 3.05) is 18.4 Å². The number of anilines is 1. The average Bonchev–Trinajstić information content (AvgIpc) is 2.97. The predicted molar refractivity (Wildman–Crippen MR) is 90.9 cm³/mol. The maximum absolute atomic E-state index is 12.6. The summed E-state index contributed by atoms with van der Waals surface area (Å²) in [7, 11) is 0. The number of aryl methyl sites for hydroxylation is 1. The molecule has 1 amide bonds. The number of morpholine rings is 1. The Bertz CT molecular complexity index is 686. The van der Waals surface area contributed by atoms with E-state index in [2.05, 4.69) is 10.5 Å². The highest BCUT2D eigenvalue weighted by atomic mass is 16.5. The van der Waals surface area contributed by atoms with Gasteiger partial charge in [0.15, 0.2) is 0 Å². The van der Waals surface area contributed by atoms with Gasteiger partial charge in [-0.15, -0.1) is 0 Å². The van der Waals surface area contributed by atoms with Crippen molar-refractivity contribution in [2.45, 2.75) is 39.5 Å². The topological polar surface area (TPSA) is 67.6 Å². The Kier molecular flexibility index (Phi) is 4.85. The molecule has 6 heteroatoms. The van der Waals surface area contributed by atoms with Gasteiger partial charge in [0.1, 0.15) is 11.5 Å². The van der Waals surface area contributed by atoms with E-state index in [1.54, 1.807) is 0 Å². The SMILES string of the molecule is Cc1cc(CNc2ccc(C(=O)N3C[C@@H](C)O[C@@H](C)C3)cc2)no1. The monoisotopic (exact) mass is 329 g/mol. The predicted octanol–water partition coefficient (Wildman–Crippen LogP) is 2.84. The minimum Gasteiger partial charge on any atom is -0.379 e. The molecular weight excluding hydrogens is 306 g/mol. The number of rotatable bonds is 4. The summed E-state index contributed by atoms with van der Waals surface area (Å²) in [4.78, 5) is 14.5. The second-order valence-electron chi connectivity index (χ2n) is 6.33. The van der Waals surface area contributed by atoms with Gasteiger partial charge in [-0.3, -0.25) is 4.79 Å². The van der Waals surface area contributed by atoms with Crippen LogP contribution in [-0.4, -0.2) is 41.3 Å². The maximum Gasteiger partial charge on any atom is 0.254 e. The lowest BCUT2D eigenvalue weighted by molar-refractivity contribution is -0.0586. The Labute approximate surface area is 141 Å². The summed E-state index contributed by atoms with van der Waals surface area (Å²) < 4.78 is 10.7. The largest absolute Gasteiger partial charge is 0.379 e. The van der Waals surface area contributed by atoms with E-state index in [0.717, 1.165) is 17.1 Å². The van der Waals surface area contributed by atoms with Gasteiger partial charge in [-0.25, -0.2) is 0 Å². The van der Waals surface area contributed by atoms with Gasteiger partial charge in [-0.2, -0.15) is 0 Å². The van der Waals surface area contributed by atoms with Crippen molar-refractivity contribution in [1.82, 2.24) is 10.1 Å². The molecule has 2 aromatic rings. The number of amides is 1. The fourth-order valence-electron chi connectivity index (χ4n) is 2.95. The summed E-state index contributed by atoms with van der Waals surface area (Å²) in [5.41, 5.74) is 2.49. The maximum atomic E-state index is 12.6. The van der Waals surface area contributed by atoms with E-state index >= 15 is 0 Å². The molecule has 2 atom stereocenters. The number of hydrogen-bond acceptors (Lipinski definition) is 5. The number of aromatic nitrogens is 1. The summed E-state index contributed by atoms with van der Waals surface area (Å²) >= 11 is 0. The van der Waals surface area contributed by atoms with Crippen molar-refractivity contribution in [3.05, 3.63) is 47.3 Å². The Morgan fingerprint density at radius 3 is 2.50 bits per heavy atom. The van der Waals surface area contributed by atoms with Crippen LogP contribution in [-0.2, 0) is 11.3 Å². The summed E-state index contributed by atoms with van der Waals surface area (Å²) in [5, 5.41) is 7.21. The molecule has 6 nitrogen and oxygen atoms in total. The Hall–Kier alpha value is -2.34. The van der Waals surface area contributed by atoms with Gasteiger partial charge in [0.25, 0.3) is 5.91 Å². The summed E-state index contributed by atoms with van der Waals surface area (Å²) in [6, 6.07) is 9.42. The molecule has 1 aliphatic heterocycles. The highest BCUT2D eigenvalue weighted by Crippen LogP contribution is 2.17. The molecule has 0 bridgehead atoms.